The Balaban J connectivity index is 0.757. The summed E-state index contributed by atoms with van der Waals surface area (Å²) in [5, 5.41) is 12.6. The van der Waals surface area contributed by atoms with E-state index >= 15 is 0 Å². The molecule has 0 saturated carbocycles. The summed E-state index contributed by atoms with van der Waals surface area (Å²) < 4.78 is 2.38. The van der Waals surface area contributed by atoms with Crippen molar-refractivity contribution >= 4 is 99.0 Å². The van der Waals surface area contributed by atoms with Crippen LogP contribution in [0.2, 0.25) is 0 Å². The molecule has 0 aliphatic carbocycles. The van der Waals surface area contributed by atoms with Crippen LogP contribution in [0.3, 0.4) is 0 Å². The lowest BCUT2D eigenvalue weighted by Gasteiger charge is -2.26. The molecule has 0 unspecified atom stereocenters. The van der Waals surface area contributed by atoms with Crippen molar-refractivity contribution < 1.29 is 0 Å². The highest BCUT2D eigenvalue weighted by Gasteiger charge is 2.19. The topological polar surface area (TPSA) is 11.4 Å². The molecule has 0 radical (unpaired) electrons. The molecule has 1 aromatic heterocycles. The van der Waals surface area contributed by atoms with Gasteiger partial charge in [0.2, 0.25) is 0 Å². The predicted octanol–water partition coefficient (Wildman–Crippen LogP) is 23.0. The summed E-state index contributed by atoms with van der Waals surface area (Å²) in [6.07, 6.45) is 0. The van der Waals surface area contributed by atoms with Crippen LogP contribution in [-0.2, 0) is 0 Å². The summed E-state index contributed by atoms with van der Waals surface area (Å²) in [6.45, 7) is 0. The third-order valence-electron chi connectivity index (χ3n) is 17.2. The van der Waals surface area contributed by atoms with E-state index in [1.165, 1.54) is 92.7 Å². The average molecular weight is 1080 g/mol. The zero-order valence-corrected chi connectivity index (χ0v) is 46.6. The largest absolute Gasteiger partial charge is 0.311 e. The normalized spacial score (nSPS) is 11.5. The molecule has 1 heterocycles. The molecule has 0 aliphatic heterocycles. The number of para-hydroxylation sites is 4. The molecule has 0 saturated heterocycles. The first-order valence-electron chi connectivity index (χ1n) is 29.2. The molecule has 85 heavy (non-hydrogen) atoms. The van der Waals surface area contributed by atoms with Gasteiger partial charge >= 0.3 is 0 Å². The first kappa shape index (κ1) is 49.5. The van der Waals surface area contributed by atoms with Crippen LogP contribution in [0.1, 0.15) is 0 Å². The van der Waals surface area contributed by atoms with Crippen LogP contribution in [0.4, 0.5) is 34.1 Å². The number of benzene rings is 15. The van der Waals surface area contributed by atoms with E-state index in [9.17, 15) is 0 Å². The number of hydrogen-bond acceptors (Lipinski definition) is 2. The van der Waals surface area contributed by atoms with Crippen molar-refractivity contribution in [2.45, 2.75) is 0 Å². The van der Waals surface area contributed by atoms with Gasteiger partial charge < -0.3 is 14.4 Å². The van der Waals surface area contributed by atoms with Gasteiger partial charge in [-0.3, -0.25) is 0 Å². The van der Waals surface area contributed by atoms with Gasteiger partial charge in [-0.15, -0.1) is 0 Å². The Bertz CT molecular complexity index is 5050. The van der Waals surface area contributed by atoms with Crippen molar-refractivity contribution in [1.29, 1.82) is 0 Å². The van der Waals surface area contributed by atoms with E-state index in [1.807, 2.05) is 0 Å². The van der Waals surface area contributed by atoms with E-state index in [0.29, 0.717) is 0 Å². The lowest BCUT2D eigenvalue weighted by atomic mass is 9.91. The summed E-state index contributed by atoms with van der Waals surface area (Å²) in [6, 6.07) is 122. The van der Waals surface area contributed by atoms with Gasteiger partial charge in [-0.05, 0) is 197 Å². The highest BCUT2D eigenvalue weighted by atomic mass is 15.1. The maximum atomic E-state index is 2.38. The smallest absolute Gasteiger partial charge is 0.0541 e. The standard InChI is InChI=1S/C82H55N3/c1-4-18-62(19-5-1)83(63-20-6-2-7-21-63)65-42-32-56(33-43-65)57-34-44-66(45-35-57)84(67-46-36-58(37-47-67)60-40-50-77-75-28-13-12-26-73(75)74-27-14-15-29-76(74)79(77)54-60)68-48-38-59(39-49-68)69-51-52-70(72-25-11-10-24-71(69)72)61-41-53-82-80(55-61)78-30-16-17-31-81(78)85(82)64-22-8-3-9-23-64/h1-55H. The van der Waals surface area contributed by atoms with E-state index in [0.717, 1.165) is 56.5 Å². The molecule has 0 N–H and O–H groups in total. The SMILES string of the molecule is c1ccc(N(c2ccccc2)c2ccc(-c3ccc(N(c4ccc(-c5ccc6c7ccccc7c7ccccc7c6c5)cc4)c4ccc(-c5ccc(-c6ccc7c(c6)c6ccccc6n7-c6ccccc6)c6ccccc56)cc4)cc3)cc2)cc1. The molecule has 16 aromatic rings. The highest BCUT2D eigenvalue weighted by molar-refractivity contribution is 6.26. The maximum absolute atomic E-state index is 2.38. The molecule has 0 atom stereocenters. The second-order valence-electron chi connectivity index (χ2n) is 22.0. The number of anilines is 6. The highest BCUT2D eigenvalue weighted by Crippen LogP contribution is 2.44. The Labute approximate surface area is 494 Å². The van der Waals surface area contributed by atoms with Crippen LogP contribution in [0.5, 0.6) is 0 Å². The van der Waals surface area contributed by atoms with Gasteiger partial charge in [0, 0.05) is 50.6 Å². The van der Waals surface area contributed by atoms with Gasteiger partial charge in [-0.1, -0.05) is 224 Å². The third kappa shape index (κ3) is 8.77. The van der Waals surface area contributed by atoms with Gasteiger partial charge in [0.15, 0.2) is 0 Å². The molecule has 0 fully saturated rings. The predicted molar refractivity (Wildman–Crippen MR) is 362 cm³/mol. The van der Waals surface area contributed by atoms with Crippen LogP contribution >= 0.6 is 0 Å². The fourth-order valence-corrected chi connectivity index (χ4v) is 13.1. The van der Waals surface area contributed by atoms with Crippen molar-refractivity contribution in [3.05, 3.63) is 334 Å². The van der Waals surface area contributed by atoms with Gasteiger partial charge in [0.25, 0.3) is 0 Å². The van der Waals surface area contributed by atoms with E-state index in [-0.39, 0.29) is 0 Å². The van der Waals surface area contributed by atoms with Crippen LogP contribution in [0, 0.1) is 0 Å². The molecule has 0 bridgehead atoms. The summed E-state index contributed by atoms with van der Waals surface area (Å²) in [5.74, 6) is 0. The second-order valence-corrected chi connectivity index (χ2v) is 22.0. The van der Waals surface area contributed by atoms with E-state index < -0.39 is 0 Å². The first-order chi connectivity index (χ1) is 42.2. The Kier molecular flexibility index (Phi) is 12.2. The van der Waals surface area contributed by atoms with Gasteiger partial charge in [-0.2, -0.15) is 0 Å². The zero-order chi connectivity index (χ0) is 56.2. The quantitative estimate of drug-likeness (QED) is 0.120. The van der Waals surface area contributed by atoms with Crippen LogP contribution in [0.25, 0.3) is 115 Å². The van der Waals surface area contributed by atoms with Crippen molar-refractivity contribution in [1.82, 2.24) is 4.57 Å². The van der Waals surface area contributed by atoms with E-state index in [4.69, 9.17) is 0 Å². The molecule has 0 amide bonds. The summed E-state index contributed by atoms with van der Waals surface area (Å²) in [5.41, 5.74) is 19.6. The maximum Gasteiger partial charge on any atom is 0.0541 e. The Morgan fingerprint density at radius 2 is 0.494 bits per heavy atom. The van der Waals surface area contributed by atoms with Crippen LogP contribution in [0.15, 0.2) is 334 Å². The Hall–Kier alpha value is -11.3. The molecule has 3 heteroatoms. The minimum atomic E-state index is 1.07. The molecule has 16 rings (SSSR count). The molecule has 15 aromatic carbocycles. The minimum Gasteiger partial charge on any atom is -0.311 e. The van der Waals surface area contributed by atoms with Crippen molar-refractivity contribution in [3.8, 4) is 50.2 Å². The number of nitrogens with zero attached hydrogens (tertiary/aromatic N) is 3. The molecule has 398 valence electrons. The summed E-state index contributed by atoms with van der Waals surface area (Å²) in [7, 11) is 0. The van der Waals surface area contributed by atoms with E-state index in [1.54, 1.807) is 0 Å². The molecule has 3 nitrogen and oxygen atoms in total. The number of rotatable bonds is 11. The Morgan fingerprint density at radius 1 is 0.176 bits per heavy atom. The monoisotopic (exact) mass is 1080 g/mol. The minimum absolute atomic E-state index is 1.07. The molecular weight excluding hydrogens is 1030 g/mol. The fraction of sp³-hybridized carbons (Fsp3) is 0. The van der Waals surface area contributed by atoms with Crippen molar-refractivity contribution in [2.24, 2.45) is 0 Å². The lowest BCUT2D eigenvalue weighted by Crippen LogP contribution is -2.10. The van der Waals surface area contributed by atoms with Gasteiger partial charge in [0.05, 0.1) is 11.0 Å². The van der Waals surface area contributed by atoms with Crippen LogP contribution < -0.4 is 9.80 Å². The van der Waals surface area contributed by atoms with Crippen molar-refractivity contribution in [3.63, 3.8) is 0 Å². The molecular formula is C82H55N3. The molecule has 0 spiro atoms. The van der Waals surface area contributed by atoms with Gasteiger partial charge in [-0.25, -0.2) is 0 Å². The zero-order valence-electron chi connectivity index (χ0n) is 46.6. The van der Waals surface area contributed by atoms with Gasteiger partial charge in [0.1, 0.15) is 0 Å². The third-order valence-corrected chi connectivity index (χ3v) is 17.2. The van der Waals surface area contributed by atoms with Crippen molar-refractivity contribution in [2.75, 3.05) is 9.80 Å². The lowest BCUT2D eigenvalue weighted by molar-refractivity contribution is 1.18. The number of aromatic nitrogens is 1. The van der Waals surface area contributed by atoms with Crippen LogP contribution in [-0.4, -0.2) is 4.57 Å². The fourth-order valence-electron chi connectivity index (χ4n) is 13.1. The first-order valence-corrected chi connectivity index (χ1v) is 29.2. The molecule has 0 aliphatic rings. The number of hydrogen-bond donors (Lipinski definition) is 0. The number of fused-ring (bicyclic) bond motifs is 10. The summed E-state index contributed by atoms with van der Waals surface area (Å²) >= 11 is 0. The Morgan fingerprint density at radius 3 is 0.988 bits per heavy atom. The summed E-state index contributed by atoms with van der Waals surface area (Å²) in [4.78, 5) is 4.68. The van der Waals surface area contributed by atoms with E-state index in [2.05, 4.69) is 348 Å². The average Bonchev–Trinajstić information content (AvgIpc) is 2.24. The second kappa shape index (κ2) is 20.9.